The van der Waals surface area contributed by atoms with Crippen molar-refractivity contribution < 1.29 is 0 Å². The molecule has 1 heterocycles. The van der Waals surface area contributed by atoms with Gasteiger partial charge in [-0.25, -0.2) is 0 Å². The number of aromatic nitrogens is 1. The van der Waals surface area contributed by atoms with Crippen molar-refractivity contribution in [3.05, 3.63) is 41.8 Å². The Kier molecular flexibility index (Phi) is 5.37. The van der Waals surface area contributed by atoms with E-state index in [1.54, 1.807) is 0 Å². The number of nitrogens with zero attached hydrogens (tertiary/aromatic N) is 3. The molecule has 0 bridgehead atoms. The van der Waals surface area contributed by atoms with Crippen LogP contribution in [0, 0.1) is 0 Å². The molecule has 0 atom stereocenters. The van der Waals surface area contributed by atoms with Gasteiger partial charge in [-0.15, -0.1) is 0 Å². The summed E-state index contributed by atoms with van der Waals surface area (Å²) < 4.78 is 5.20. The molecule has 1 aliphatic carbocycles. The summed E-state index contributed by atoms with van der Waals surface area (Å²) in [7, 11) is 0. The number of fused-ring (bicyclic) bond motifs is 2. The van der Waals surface area contributed by atoms with E-state index in [1.807, 2.05) is 0 Å². The summed E-state index contributed by atoms with van der Waals surface area (Å²) in [4.78, 5) is 7.29. The second-order valence-corrected chi connectivity index (χ2v) is 8.14. The van der Waals surface area contributed by atoms with Crippen molar-refractivity contribution in [1.29, 1.82) is 0 Å². The summed E-state index contributed by atoms with van der Waals surface area (Å²) >= 11 is 0.318. The molecule has 0 fully saturated rings. The van der Waals surface area contributed by atoms with E-state index in [0.717, 1.165) is 37.4 Å². The van der Waals surface area contributed by atoms with Gasteiger partial charge in [-0.2, -0.15) is 0 Å². The second-order valence-electron chi connectivity index (χ2n) is 5.86. The fraction of sp³-hybridized carbons (Fsp3) is 0.400. The van der Waals surface area contributed by atoms with Crippen molar-refractivity contribution in [2.75, 3.05) is 31.1 Å². The van der Waals surface area contributed by atoms with Crippen LogP contribution in [0.15, 0.2) is 36.4 Å². The molecule has 1 aromatic rings. The fourth-order valence-corrected chi connectivity index (χ4v) is 5.34. The molecule has 24 heavy (non-hydrogen) atoms. The van der Waals surface area contributed by atoms with E-state index < -0.39 is 0 Å². The molecule has 1 aliphatic heterocycles. The average Bonchev–Trinajstić information content (AvgIpc) is 2.62. The van der Waals surface area contributed by atoms with Gasteiger partial charge >= 0.3 is 150 Å². The van der Waals surface area contributed by atoms with Crippen LogP contribution in [0.1, 0.15) is 27.7 Å². The Balaban J connectivity index is 2.19. The molecule has 3 rings (SSSR count). The van der Waals surface area contributed by atoms with Gasteiger partial charge in [-0.3, -0.25) is 0 Å². The number of benzene rings is 2. The van der Waals surface area contributed by atoms with Crippen LogP contribution in [-0.2, 0) is 0 Å². The van der Waals surface area contributed by atoms with Crippen LogP contribution < -0.4 is 14.8 Å². The first-order valence-corrected chi connectivity index (χ1v) is 10.6. The van der Waals surface area contributed by atoms with Gasteiger partial charge < -0.3 is 0 Å². The zero-order valence-electron chi connectivity index (χ0n) is 15.0. The van der Waals surface area contributed by atoms with Crippen LogP contribution in [-0.4, -0.2) is 45.7 Å². The normalized spacial score (nSPS) is 11.2. The van der Waals surface area contributed by atoms with Gasteiger partial charge in [0.2, 0.25) is 0 Å². The first kappa shape index (κ1) is 17.2. The van der Waals surface area contributed by atoms with E-state index in [4.69, 9.17) is 4.98 Å². The minimum atomic E-state index is 0.318. The molecule has 126 valence electrons. The third-order valence-electron chi connectivity index (χ3n) is 4.60. The molecule has 4 heteroatoms. The van der Waals surface area contributed by atoms with Crippen LogP contribution in [0.3, 0.4) is 0 Å². The molecule has 0 radical (unpaired) electrons. The topological polar surface area (TPSA) is 19.1 Å². The van der Waals surface area contributed by atoms with Crippen molar-refractivity contribution in [2.45, 2.75) is 27.7 Å². The second kappa shape index (κ2) is 7.50. The van der Waals surface area contributed by atoms with E-state index in [-0.39, 0.29) is 0 Å². The summed E-state index contributed by atoms with van der Waals surface area (Å²) in [6, 6.07) is 13.5. The van der Waals surface area contributed by atoms with Gasteiger partial charge in [0, 0.05) is 0 Å². The predicted octanol–water partition coefficient (Wildman–Crippen LogP) is 3.05. The Labute approximate surface area is 150 Å². The molecule has 0 N–H and O–H groups in total. The molecule has 0 saturated carbocycles. The number of hydrogen-bond donors (Lipinski definition) is 0. The van der Waals surface area contributed by atoms with Gasteiger partial charge in [0.25, 0.3) is 0 Å². The molecule has 3 nitrogen and oxygen atoms in total. The molecule has 2 aliphatic rings. The summed E-state index contributed by atoms with van der Waals surface area (Å²) in [5.41, 5.74) is 3.61. The van der Waals surface area contributed by atoms with Crippen LogP contribution in [0.4, 0.5) is 5.69 Å². The minimum absolute atomic E-state index is 0.318. The SMILES string of the molecule is CCN(CC)c1ccc2nc3ccc(=[N+](CC)CC)cc-3[se]c2c1. The molecule has 1 aromatic carbocycles. The summed E-state index contributed by atoms with van der Waals surface area (Å²) in [6.07, 6.45) is 0. The summed E-state index contributed by atoms with van der Waals surface area (Å²) in [6.45, 7) is 13.0. The first-order chi connectivity index (χ1) is 11.7. The van der Waals surface area contributed by atoms with Gasteiger partial charge in [0.1, 0.15) is 0 Å². The summed E-state index contributed by atoms with van der Waals surface area (Å²) in [5, 5.41) is 1.32. The molecule has 0 saturated heterocycles. The van der Waals surface area contributed by atoms with Crippen LogP contribution in [0.5, 0.6) is 0 Å². The van der Waals surface area contributed by atoms with Crippen LogP contribution >= 0.6 is 0 Å². The molecule has 0 amide bonds. The zero-order valence-corrected chi connectivity index (χ0v) is 16.8. The first-order valence-electron chi connectivity index (χ1n) is 8.87. The fourth-order valence-electron chi connectivity index (χ4n) is 3.17. The van der Waals surface area contributed by atoms with E-state index in [9.17, 15) is 0 Å². The third-order valence-corrected chi connectivity index (χ3v) is 6.90. The average molecular weight is 387 g/mol. The Hall–Kier alpha value is -1.64. The third kappa shape index (κ3) is 3.26. The van der Waals surface area contributed by atoms with Crippen LogP contribution in [0.25, 0.3) is 19.9 Å². The maximum absolute atomic E-state index is 4.89. The van der Waals surface area contributed by atoms with Gasteiger partial charge in [-0.1, -0.05) is 0 Å². The van der Waals surface area contributed by atoms with Crippen molar-refractivity contribution in [3.63, 3.8) is 0 Å². The standard InChI is InChI=1S/C20H26N3Se/c1-5-22(6-2)15-9-11-17-19(13-15)24-20-14-16(23(7-3)8-4)10-12-18(20)21-17/h9-14H,5-8H2,1-4H3/q+1. The predicted molar refractivity (Wildman–Crippen MR) is 105 cm³/mol. The van der Waals surface area contributed by atoms with Gasteiger partial charge in [-0.05, 0) is 0 Å². The Morgan fingerprint density at radius 1 is 0.958 bits per heavy atom. The van der Waals surface area contributed by atoms with E-state index in [1.165, 1.54) is 19.7 Å². The van der Waals surface area contributed by atoms with Crippen LogP contribution in [0.2, 0.25) is 0 Å². The number of anilines is 1. The van der Waals surface area contributed by atoms with Crippen molar-refractivity contribution in [2.24, 2.45) is 0 Å². The molecule has 0 unspecified atom stereocenters. The van der Waals surface area contributed by atoms with E-state index in [0.29, 0.717) is 14.5 Å². The van der Waals surface area contributed by atoms with Crippen molar-refractivity contribution in [1.82, 2.24) is 9.56 Å². The Bertz CT molecular complexity index is 872. The molecule has 0 spiro atoms. The van der Waals surface area contributed by atoms with Gasteiger partial charge in [0.15, 0.2) is 0 Å². The Morgan fingerprint density at radius 2 is 1.71 bits per heavy atom. The van der Waals surface area contributed by atoms with E-state index >= 15 is 0 Å². The van der Waals surface area contributed by atoms with E-state index in [2.05, 4.69) is 73.6 Å². The molecular weight excluding hydrogens is 361 g/mol. The van der Waals surface area contributed by atoms with Crippen molar-refractivity contribution >= 4 is 30.0 Å². The van der Waals surface area contributed by atoms with Gasteiger partial charge in [0.05, 0.1) is 0 Å². The monoisotopic (exact) mass is 388 g/mol. The number of rotatable bonds is 5. The molecule has 0 aromatic heterocycles. The summed E-state index contributed by atoms with van der Waals surface area (Å²) in [5.74, 6) is 0. The zero-order chi connectivity index (χ0) is 17.1. The van der Waals surface area contributed by atoms with Crippen molar-refractivity contribution in [3.8, 4) is 10.1 Å². The number of hydrogen-bond acceptors (Lipinski definition) is 2. The quantitative estimate of drug-likeness (QED) is 0.381. The maximum atomic E-state index is 4.89. The molecular formula is C20H26N3Se+. The Morgan fingerprint density at radius 3 is 2.38 bits per heavy atom.